The van der Waals surface area contributed by atoms with Crippen molar-refractivity contribution in [2.45, 2.75) is 5.75 Å². The van der Waals surface area contributed by atoms with Gasteiger partial charge in [0.05, 0.1) is 10.9 Å². The van der Waals surface area contributed by atoms with Gasteiger partial charge in [-0.2, -0.15) is 11.8 Å². The van der Waals surface area contributed by atoms with Crippen LogP contribution in [0.3, 0.4) is 0 Å². The molecular weight excluding hydrogens is 268 g/mol. The number of aromatic nitrogens is 2. The molecule has 3 nitrogen and oxygen atoms in total. The van der Waals surface area contributed by atoms with Crippen molar-refractivity contribution in [3.63, 3.8) is 0 Å². The lowest BCUT2D eigenvalue weighted by Gasteiger charge is -2.04. The molecular formula is C16H14N2OS. The van der Waals surface area contributed by atoms with Crippen molar-refractivity contribution in [2.75, 3.05) is 6.26 Å². The number of nitrogens with zero attached hydrogens (tertiary/aromatic N) is 1. The molecule has 1 heterocycles. The molecule has 0 bridgehead atoms. The Balaban J connectivity index is 2.07. The summed E-state index contributed by atoms with van der Waals surface area (Å²) in [6, 6.07) is 15.5. The van der Waals surface area contributed by atoms with Crippen LogP contribution in [0.4, 0.5) is 0 Å². The Bertz CT molecular complexity index is 793. The first-order valence-corrected chi connectivity index (χ1v) is 7.74. The minimum atomic E-state index is -0.0983. The molecule has 0 unspecified atom stereocenters. The Morgan fingerprint density at radius 3 is 2.60 bits per heavy atom. The maximum atomic E-state index is 12.0. The normalized spacial score (nSPS) is 10.8. The van der Waals surface area contributed by atoms with E-state index in [1.807, 2.05) is 30.3 Å². The van der Waals surface area contributed by atoms with Gasteiger partial charge >= 0.3 is 0 Å². The first kappa shape index (κ1) is 12.9. The molecule has 1 N–H and O–H groups in total. The highest BCUT2D eigenvalue weighted by molar-refractivity contribution is 7.97. The fraction of sp³-hybridized carbons (Fsp3) is 0.125. The van der Waals surface area contributed by atoms with Crippen molar-refractivity contribution in [2.24, 2.45) is 0 Å². The van der Waals surface area contributed by atoms with Crippen molar-refractivity contribution >= 4 is 22.7 Å². The highest BCUT2D eigenvalue weighted by Gasteiger charge is 2.05. The molecule has 0 aliphatic heterocycles. The number of benzene rings is 2. The molecule has 0 atom stereocenters. The van der Waals surface area contributed by atoms with Crippen molar-refractivity contribution in [1.29, 1.82) is 0 Å². The van der Waals surface area contributed by atoms with E-state index in [0.717, 1.165) is 16.8 Å². The van der Waals surface area contributed by atoms with Crippen LogP contribution in [0, 0.1) is 0 Å². The maximum absolute atomic E-state index is 12.0. The third-order valence-electron chi connectivity index (χ3n) is 3.15. The zero-order valence-corrected chi connectivity index (χ0v) is 11.9. The second kappa shape index (κ2) is 5.51. The van der Waals surface area contributed by atoms with Crippen LogP contribution >= 0.6 is 11.8 Å². The lowest BCUT2D eigenvalue weighted by Crippen LogP contribution is -2.09. The first-order chi connectivity index (χ1) is 9.78. The lowest BCUT2D eigenvalue weighted by atomic mass is 10.1. The van der Waals surface area contributed by atoms with E-state index in [1.54, 1.807) is 17.8 Å². The summed E-state index contributed by atoms with van der Waals surface area (Å²) in [5.74, 6) is 1.60. The molecule has 0 aliphatic rings. The van der Waals surface area contributed by atoms with E-state index in [0.29, 0.717) is 11.2 Å². The van der Waals surface area contributed by atoms with Gasteiger partial charge in [0.2, 0.25) is 0 Å². The quantitative estimate of drug-likeness (QED) is 0.800. The summed E-state index contributed by atoms with van der Waals surface area (Å²) < 4.78 is 0. The molecule has 0 amide bonds. The third-order valence-corrected chi connectivity index (χ3v) is 3.77. The van der Waals surface area contributed by atoms with Crippen LogP contribution in [0.15, 0.2) is 53.3 Å². The summed E-state index contributed by atoms with van der Waals surface area (Å²) in [5, 5.41) is 0.621. The molecule has 20 heavy (non-hydrogen) atoms. The number of nitrogens with one attached hydrogen (secondary N) is 1. The third kappa shape index (κ3) is 2.47. The molecule has 3 rings (SSSR count). The summed E-state index contributed by atoms with van der Waals surface area (Å²) in [6.07, 6.45) is 2.08. The Morgan fingerprint density at radius 1 is 1.10 bits per heavy atom. The van der Waals surface area contributed by atoms with Gasteiger partial charge in [0, 0.05) is 11.3 Å². The van der Waals surface area contributed by atoms with Crippen molar-refractivity contribution in [1.82, 2.24) is 9.97 Å². The number of rotatable bonds is 3. The highest BCUT2D eigenvalue weighted by atomic mass is 32.2. The predicted molar refractivity (Wildman–Crippen MR) is 85.0 cm³/mol. The molecule has 0 radical (unpaired) electrons. The zero-order chi connectivity index (χ0) is 13.9. The molecule has 1 aromatic heterocycles. The van der Waals surface area contributed by atoms with Gasteiger partial charge < -0.3 is 4.98 Å². The van der Waals surface area contributed by atoms with E-state index >= 15 is 0 Å². The zero-order valence-electron chi connectivity index (χ0n) is 11.1. The lowest BCUT2D eigenvalue weighted by molar-refractivity contribution is 1.18. The SMILES string of the molecule is CSCc1ccc(-c2nc3ccccc3c(=O)[nH]2)cc1. The monoisotopic (exact) mass is 282 g/mol. The fourth-order valence-corrected chi connectivity index (χ4v) is 2.67. The molecule has 0 spiro atoms. The van der Waals surface area contributed by atoms with Crippen LogP contribution in [-0.2, 0) is 5.75 Å². The standard InChI is InChI=1S/C16H14N2OS/c1-20-10-11-6-8-12(9-7-11)15-17-14-5-3-2-4-13(14)16(19)18-15/h2-9H,10H2,1H3,(H,17,18,19). The van der Waals surface area contributed by atoms with E-state index in [2.05, 4.69) is 28.4 Å². The number of para-hydroxylation sites is 1. The topological polar surface area (TPSA) is 45.8 Å². The number of H-pyrrole nitrogens is 1. The Kier molecular flexibility index (Phi) is 3.56. The highest BCUT2D eigenvalue weighted by Crippen LogP contribution is 2.18. The second-order valence-corrected chi connectivity index (χ2v) is 5.43. The smallest absolute Gasteiger partial charge is 0.259 e. The van der Waals surface area contributed by atoms with E-state index in [9.17, 15) is 4.79 Å². The fourth-order valence-electron chi connectivity index (χ4n) is 2.15. The Hall–Kier alpha value is -2.07. The number of thioether (sulfide) groups is 1. The van der Waals surface area contributed by atoms with Gasteiger partial charge in [0.1, 0.15) is 5.82 Å². The number of hydrogen-bond acceptors (Lipinski definition) is 3. The Labute approximate surface area is 121 Å². The van der Waals surface area contributed by atoms with Crippen LogP contribution in [0.1, 0.15) is 5.56 Å². The van der Waals surface area contributed by atoms with Crippen LogP contribution in [0.25, 0.3) is 22.3 Å². The summed E-state index contributed by atoms with van der Waals surface area (Å²) in [5.41, 5.74) is 2.82. The van der Waals surface area contributed by atoms with Gasteiger partial charge in [0.15, 0.2) is 0 Å². The van der Waals surface area contributed by atoms with E-state index < -0.39 is 0 Å². The minimum Gasteiger partial charge on any atom is -0.306 e. The largest absolute Gasteiger partial charge is 0.306 e. The van der Waals surface area contributed by atoms with E-state index in [-0.39, 0.29) is 5.56 Å². The molecule has 2 aromatic carbocycles. The number of aromatic amines is 1. The molecule has 0 saturated heterocycles. The predicted octanol–water partition coefficient (Wildman–Crippen LogP) is 3.45. The molecule has 0 saturated carbocycles. The van der Waals surface area contributed by atoms with Gasteiger partial charge in [-0.1, -0.05) is 36.4 Å². The van der Waals surface area contributed by atoms with Crippen LogP contribution in [0.2, 0.25) is 0 Å². The minimum absolute atomic E-state index is 0.0983. The maximum Gasteiger partial charge on any atom is 0.259 e. The van der Waals surface area contributed by atoms with Gasteiger partial charge in [-0.15, -0.1) is 0 Å². The van der Waals surface area contributed by atoms with Gasteiger partial charge in [0.25, 0.3) is 5.56 Å². The summed E-state index contributed by atoms with van der Waals surface area (Å²) in [7, 11) is 0. The molecule has 100 valence electrons. The molecule has 0 aliphatic carbocycles. The molecule has 4 heteroatoms. The summed E-state index contributed by atoms with van der Waals surface area (Å²) >= 11 is 1.79. The summed E-state index contributed by atoms with van der Waals surface area (Å²) in [4.78, 5) is 19.4. The summed E-state index contributed by atoms with van der Waals surface area (Å²) in [6.45, 7) is 0. The van der Waals surface area contributed by atoms with Crippen LogP contribution in [0.5, 0.6) is 0 Å². The Morgan fingerprint density at radius 2 is 1.85 bits per heavy atom. The first-order valence-electron chi connectivity index (χ1n) is 6.35. The van der Waals surface area contributed by atoms with Gasteiger partial charge in [-0.3, -0.25) is 4.79 Å². The van der Waals surface area contributed by atoms with Gasteiger partial charge in [-0.05, 0) is 24.0 Å². The van der Waals surface area contributed by atoms with Crippen LogP contribution < -0.4 is 5.56 Å². The average Bonchev–Trinajstić information content (AvgIpc) is 2.48. The van der Waals surface area contributed by atoms with E-state index in [4.69, 9.17) is 0 Å². The molecule has 3 aromatic rings. The van der Waals surface area contributed by atoms with Gasteiger partial charge in [-0.25, -0.2) is 4.98 Å². The number of hydrogen-bond donors (Lipinski definition) is 1. The van der Waals surface area contributed by atoms with Crippen LogP contribution in [-0.4, -0.2) is 16.2 Å². The second-order valence-electron chi connectivity index (χ2n) is 4.56. The average molecular weight is 282 g/mol. The molecule has 0 fully saturated rings. The van der Waals surface area contributed by atoms with Crippen molar-refractivity contribution in [3.8, 4) is 11.4 Å². The number of fused-ring (bicyclic) bond motifs is 1. The van der Waals surface area contributed by atoms with Crippen molar-refractivity contribution in [3.05, 3.63) is 64.4 Å². The van der Waals surface area contributed by atoms with Crippen molar-refractivity contribution < 1.29 is 0 Å². The van der Waals surface area contributed by atoms with E-state index in [1.165, 1.54) is 5.56 Å².